The number of Topliss-reactive ketones (excluding diaryl/α,β-unsaturated/α-hetero) is 1. The molecule has 0 saturated carbocycles. The summed E-state index contributed by atoms with van der Waals surface area (Å²) in [6, 6.07) is 8.32. The lowest BCUT2D eigenvalue weighted by molar-refractivity contribution is -0.113. The van der Waals surface area contributed by atoms with Gasteiger partial charge in [-0.3, -0.25) is 4.79 Å². The highest BCUT2D eigenvalue weighted by atomic mass is 32.2. The smallest absolute Gasteiger partial charge is 0.168 e. The van der Waals surface area contributed by atoms with Gasteiger partial charge >= 0.3 is 0 Å². The zero-order valence-corrected chi connectivity index (χ0v) is 14.1. The Kier molecular flexibility index (Phi) is 4.83. The van der Waals surface area contributed by atoms with E-state index in [2.05, 4.69) is 46.3 Å². The maximum absolute atomic E-state index is 11.7. The molecule has 0 amide bonds. The molecular weight excluding hydrogens is 282 g/mol. The summed E-state index contributed by atoms with van der Waals surface area (Å²) in [7, 11) is 4.06. The predicted molar refractivity (Wildman–Crippen MR) is 91.5 cm³/mol. The average Bonchev–Trinajstić information content (AvgIpc) is 2.75. The molecule has 0 radical (unpaired) electrons. The van der Waals surface area contributed by atoms with E-state index >= 15 is 0 Å². The Bertz CT molecular complexity index is 551. The number of allylic oxidation sites excluding steroid dienone is 2. The molecule has 0 fully saturated rings. The summed E-state index contributed by atoms with van der Waals surface area (Å²) in [5.41, 5.74) is 3.39. The van der Waals surface area contributed by atoms with E-state index in [4.69, 9.17) is 0 Å². The molecule has 114 valence electrons. The van der Waals surface area contributed by atoms with E-state index in [0.29, 0.717) is 0 Å². The zero-order chi connectivity index (χ0) is 15.6. The Labute approximate surface area is 131 Å². The third-order valence-corrected chi connectivity index (χ3v) is 5.02. The molecule has 1 unspecified atom stereocenters. The van der Waals surface area contributed by atoms with Crippen LogP contribution in [0.25, 0.3) is 0 Å². The monoisotopic (exact) mass is 305 g/mol. The highest BCUT2D eigenvalue weighted by Crippen LogP contribution is 2.38. The van der Waals surface area contributed by atoms with Gasteiger partial charge in [-0.05, 0) is 45.0 Å². The van der Waals surface area contributed by atoms with Crippen LogP contribution in [0, 0.1) is 0 Å². The first-order valence-corrected chi connectivity index (χ1v) is 8.01. The maximum atomic E-state index is 11.7. The summed E-state index contributed by atoms with van der Waals surface area (Å²) in [5, 5.41) is 3.50. The van der Waals surface area contributed by atoms with Gasteiger partial charge in [0.2, 0.25) is 0 Å². The zero-order valence-electron chi connectivity index (χ0n) is 13.3. The number of hydrogen-bond donors (Lipinski definition) is 1. The fraction of sp³-hybridized carbons (Fsp3) is 0.438. The van der Waals surface area contributed by atoms with Crippen molar-refractivity contribution in [2.75, 3.05) is 30.9 Å². The SMILES string of the molecule is CCN1C(C)=C(C(C)=O)SC1Nc1ccc(N(C)C)cc1. The van der Waals surface area contributed by atoms with Gasteiger partial charge in [0.15, 0.2) is 11.3 Å². The van der Waals surface area contributed by atoms with E-state index < -0.39 is 0 Å². The molecule has 1 aliphatic heterocycles. The first-order valence-electron chi connectivity index (χ1n) is 7.13. The summed E-state index contributed by atoms with van der Waals surface area (Å²) in [5.74, 6) is 0.142. The van der Waals surface area contributed by atoms with Crippen LogP contribution in [0.1, 0.15) is 20.8 Å². The largest absolute Gasteiger partial charge is 0.378 e. The van der Waals surface area contributed by atoms with Gasteiger partial charge in [-0.1, -0.05) is 11.8 Å². The number of benzene rings is 1. The van der Waals surface area contributed by atoms with Crippen molar-refractivity contribution in [1.82, 2.24) is 4.90 Å². The van der Waals surface area contributed by atoms with Crippen LogP contribution in [0.3, 0.4) is 0 Å². The number of carbonyl (C=O) groups is 1. The standard InChI is InChI=1S/C16H23N3OS/c1-6-19-11(2)15(12(3)20)21-16(19)17-13-7-9-14(10-8-13)18(4)5/h7-10,16-17H,6H2,1-5H3. The number of anilines is 2. The Morgan fingerprint density at radius 3 is 2.43 bits per heavy atom. The van der Waals surface area contributed by atoms with Gasteiger partial charge in [-0.15, -0.1) is 0 Å². The summed E-state index contributed by atoms with van der Waals surface area (Å²) >= 11 is 1.60. The molecule has 1 atom stereocenters. The second kappa shape index (κ2) is 6.43. The Balaban J connectivity index is 2.11. The molecule has 1 aromatic carbocycles. The van der Waals surface area contributed by atoms with Gasteiger partial charge in [0, 0.05) is 37.7 Å². The molecular formula is C16H23N3OS. The first kappa shape index (κ1) is 15.8. The number of hydrogen-bond acceptors (Lipinski definition) is 5. The lowest BCUT2D eigenvalue weighted by Gasteiger charge is -2.27. The molecule has 0 saturated heterocycles. The minimum atomic E-state index is 0.0825. The number of nitrogens with one attached hydrogen (secondary N) is 1. The Hall–Kier alpha value is -1.62. The molecule has 5 heteroatoms. The average molecular weight is 305 g/mol. The third-order valence-electron chi connectivity index (χ3n) is 3.61. The van der Waals surface area contributed by atoms with Gasteiger partial charge in [-0.2, -0.15) is 0 Å². The summed E-state index contributed by atoms with van der Waals surface area (Å²) < 4.78 is 0. The van der Waals surface area contributed by atoms with E-state index in [1.54, 1.807) is 18.7 Å². The normalized spacial score (nSPS) is 18.1. The van der Waals surface area contributed by atoms with E-state index in [9.17, 15) is 4.79 Å². The number of carbonyl (C=O) groups excluding carboxylic acids is 1. The second-order valence-corrected chi connectivity index (χ2v) is 6.40. The van der Waals surface area contributed by atoms with Gasteiger partial charge in [0.1, 0.15) is 0 Å². The molecule has 0 aromatic heterocycles. The van der Waals surface area contributed by atoms with Gasteiger partial charge in [-0.25, -0.2) is 0 Å². The van der Waals surface area contributed by atoms with Crippen LogP contribution in [0.15, 0.2) is 34.9 Å². The van der Waals surface area contributed by atoms with Crippen molar-refractivity contribution in [2.24, 2.45) is 0 Å². The van der Waals surface area contributed by atoms with Crippen LogP contribution in [0.5, 0.6) is 0 Å². The minimum Gasteiger partial charge on any atom is -0.378 e. The fourth-order valence-electron chi connectivity index (χ4n) is 2.41. The Morgan fingerprint density at radius 2 is 1.95 bits per heavy atom. The summed E-state index contributed by atoms with van der Waals surface area (Å²) in [6.45, 7) is 6.64. The number of rotatable bonds is 5. The predicted octanol–water partition coefficient (Wildman–Crippen LogP) is 3.34. The van der Waals surface area contributed by atoms with Crippen LogP contribution >= 0.6 is 11.8 Å². The van der Waals surface area contributed by atoms with Crippen molar-refractivity contribution in [2.45, 2.75) is 26.3 Å². The van der Waals surface area contributed by atoms with E-state index in [1.807, 2.05) is 21.0 Å². The molecule has 1 aliphatic rings. The van der Waals surface area contributed by atoms with Crippen LogP contribution in [-0.2, 0) is 4.79 Å². The maximum Gasteiger partial charge on any atom is 0.168 e. The highest BCUT2D eigenvalue weighted by molar-refractivity contribution is 8.04. The molecule has 2 rings (SSSR count). The van der Waals surface area contributed by atoms with Crippen molar-refractivity contribution in [1.29, 1.82) is 0 Å². The molecule has 1 N–H and O–H groups in total. The van der Waals surface area contributed by atoms with Crippen molar-refractivity contribution in [3.8, 4) is 0 Å². The second-order valence-electron chi connectivity index (χ2n) is 5.31. The summed E-state index contributed by atoms with van der Waals surface area (Å²) in [6.07, 6.45) is 0. The van der Waals surface area contributed by atoms with Crippen LogP contribution < -0.4 is 10.2 Å². The Morgan fingerprint density at radius 1 is 1.33 bits per heavy atom. The quantitative estimate of drug-likeness (QED) is 0.903. The molecule has 0 bridgehead atoms. The van der Waals surface area contributed by atoms with Crippen molar-refractivity contribution in [3.63, 3.8) is 0 Å². The topological polar surface area (TPSA) is 35.6 Å². The van der Waals surface area contributed by atoms with Crippen LogP contribution in [0.2, 0.25) is 0 Å². The summed E-state index contributed by atoms with van der Waals surface area (Å²) in [4.78, 5) is 16.9. The molecule has 4 nitrogen and oxygen atoms in total. The van der Waals surface area contributed by atoms with Gasteiger partial charge in [0.05, 0.1) is 4.91 Å². The van der Waals surface area contributed by atoms with Crippen molar-refractivity contribution < 1.29 is 4.79 Å². The number of ketones is 1. The first-order chi connectivity index (χ1) is 9.93. The van der Waals surface area contributed by atoms with Gasteiger partial charge in [0.25, 0.3) is 0 Å². The van der Waals surface area contributed by atoms with E-state index in [0.717, 1.165) is 22.8 Å². The minimum absolute atomic E-state index is 0.0825. The lowest BCUT2D eigenvalue weighted by Crippen LogP contribution is -2.33. The van der Waals surface area contributed by atoms with Crippen molar-refractivity contribution in [3.05, 3.63) is 34.9 Å². The molecule has 0 spiro atoms. The van der Waals surface area contributed by atoms with Crippen LogP contribution in [-0.4, -0.2) is 36.8 Å². The van der Waals surface area contributed by atoms with Crippen LogP contribution in [0.4, 0.5) is 11.4 Å². The molecule has 1 aromatic rings. The third kappa shape index (κ3) is 3.35. The number of nitrogens with zero attached hydrogens (tertiary/aromatic N) is 2. The van der Waals surface area contributed by atoms with E-state index in [-0.39, 0.29) is 11.3 Å². The fourth-order valence-corrected chi connectivity index (χ4v) is 3.72. The molecule has 0 aliphatic carbocycles. The lowest BCUT2D eigenvalue weighted by atomic mass is 10.2. The highest BCUT2D eigenvalue weighted by Gasteiger charge is 2.31. The molecule has 1 heterocycles. The van der Waals surface area contributed by atoms with Crippen molar-refractivity contribution >= 4 is 28.9 Å². The molecule has 21 heavy (non-hydrogen) atoms. The number of thioether (sulfide) groups is 1. The van der Waals surface area contributed by atoms with E-state index in [1.165, 1.54) is 5.69 Å². The van der Waals surface area contributed by atoms with Gasteiger partial charge < -0.3 is 15.1 Å².